The normalized spacial score (nSPS) is 23.4. The Hall–Kier alpha value is -1.55. The molecule has 0 aliphatic carbocycles. The summed E-state index contributed by atoms with van der Waals surface area (Å²) in [7, 11) is -1.26. The number of nitrogens with zero attached hydrogens (tertiary/aromatic N) is 1. The van der Waals surface area contributed by atoms with Crippen LogP contribution in [0.1, 0.15) is 45.6 Å². The molecular weight excluding hydrogens is 326 g/mol. The molecule has 2 bridgehead atoms. The lowest BCUT2D eigenvalue weighted by Gasteiger charge is -2.35. The maximum Gasteiger partial charge on any atom is 0.411 e. The number of hydrogen-bond acceptors (Lipinski definition) is 2. The van der Waals surface area contributed by atoms with Crippen LogP contribution in [0.15, 0.2) is 30.3 Å². The zero-order chi connectivity index (χ0) is 18.4. The molecule has 1 aromatic rings. The zero-order valence-electron chi connectivity index (χ0n) is 16.4. The summed E-state index contributed by atoms with van der Waals surface area (Å²) < 4.78 is 5.61. The number of rotatable bonds is 2. The highest BCUT2D eigenvalue weighted by atomic mass is 28.3. The second-order valence-corrected chi connectivity index (χ2v) is 14.5. The second-order valence-electron chi connectivity index (χ2n) is 9.41. The first-order valence-corrected chi connectivity index (χ1v) is 12.9. The minimum Gasteiger partial charge on any atom is -0.444 e. The Labute approximate surface area is 153 Å². The Morgan fingerprint density at radius 1 is 1.12 bits per heavy atom. The third kappa shape index (κ3) is 4.00. The first-order chi connectivity index (χ1) is 11.5. The van der Waals surface area contributed by atoms with E-state index >= 15 is 0 Å². The van der Waals surface area contributed by atoms with Crippen LogP contribution in [0, 0.1) is 0 Å². The Morgan fingerprint density at radius 3 is 2.28 bits per heavy atom. The highest BCUT2D eigenvalue weighted by Crippen LogP contribution is 2.39. The van der Waals surface area contributed by atoms with Crippen molar-refractivity contribution in [2.24, 2.45) is 0 Å². The number of ether oxygens (including phenoxy) is 1. The van der Waals surface area contributed by atoms with Crippen molar-refractivity contribution < 1.29 is 9.53 Å². The van der Waals surface area contributed by atoms with Crippen molar-refractivity contribution in [1.82, 2.24) is 4.90 Å². The molecule has 136 valence electrons. The molecular formula is C21H31NO2Si. The summed E-state index contributed by atoms with van der Waals surface area (Å²) in [5.41, 5.74) is 2.25. The summed E-state index contributed by atoms with van der Waals surface area (Å²) in [6, 6.07) is 9.58. The minimum absolute atomic E-state index is 0.163. The van der Waals surface area contributed by atoms with Gasteiger partial charge in [0, 0.05) is 6.04 Å². The van der Waals surface area contributed by atoms with Crippen molar-refractivity contribution in [3.8, 4) is 0 Å². The topological polar surface area (TPSA) is 29.5 Å². The van der Waals surface area contributed by atoms with Gasteiger partial charge in [0.05, 0.1) is 14.1 Å². The van der Waals surface area contributed by atoms with Gasteiger partial charge in [0.2, 0.25) is 0 Å². The molecule has 1 aromatic carbocycles. The van der Waals surface area contributed by atoms with E-state index in [2.05, 4.69) is 50.0 Å². The van der Waals surface area contributed by atoms with Crippen LogP contribution in [0.25, 0.3) is 5.57 Å². The molecule has 2 heterocycles. The highest BCUT2D eigenvalue weighted by molar-refractivity contribution is 6.88. The van der Waals surface area contributed by atoms with E-state index < -0.39 is 13.7 Å². The fraction of sp³-hybridized carbons (Fsp3) is 0.571. The molecule has 25 heavy (non-hydrogen) atoms. The molecule has 0 radical (unpaired) electrons. The van der Waals surface area contributed by atoms with Crippen molar-refractivity contribution in [3.63, 3.8) is 0 Å². The fourth-order valence-electron chi connectivity index (χ4n) is 3.83. The molecule has 0 spiro atoms. The van der Waals surface area contributed by atoms with Gasteiger partial charge in [0.25, 0.3) is 0 Å². The van der Waals surface area contributed by atoms with Gasteiger partial charge >= 0.3 is 6.09 Å². The van der Waals surface area contributed by atoms with Gasteiger partial charge in [-0.2, -0.15) is 0 Å². The van der Waals surface area contributed by atoms with Gasteiger partial charge in [-0.25, -0.2) is 4.79 Å². The number of carbonyl (C=O) groups excluding carboxylic acids is 1. The standard InChI is InChI=1S/C21H31NO2Si/c1-21(2,3)24-20(23)22-17-9-10-18(22)14-16(13-17)15-7-11-19(12-8-15)25(4,5)6/h7-8,11-13,17-18H,9-10,14H2,1-6H3. The molecule has 2 unspecified atom stereocenters. The fourth-order valence-corrected chi connectivity index (χ4v) is 4.99. The molecule has 1 saturated heterocycles. The van der Waals surface area contributed by atoms with E-state index in [4.69, 9.17) is 4.74 Å². The van der Waals surface area contributed by atoms with Crippen LogP contribution >= 0.6 is 0 Å². The van der Waals surface area contributed by atoms with Crippen molar-refractivity contribution in [2.45, 2.75) is 77.4 Å². The van der Waals surface area contributed by atoms with Gasteiger partial charge in [-0.1, -0.05) is 55.2 Å². The molecule has 3 rings (SSSR count). The van der Waals surface area contributed by atoms with Crippen molar-refractivity contribution in [2.75, 3.05) is 0 Å². The Bertz CT molecular complexity index is 679. The smallest absolute Gasteiger partial charge is 0.411 e. The van der Waals surface area contributed by atoms with Gasteiger partial charge in [0.15, 0.2) is 0 Å². The number of fused-ring (bicyclic) bond motifs is 2. The Morgan fingerprint density at radius 2 is 1.76 bits per heavy atom. The van der Waals surface area contributed by atoms with E-state index in [9.17, 15) is 4.79 Å². The molecule has 2 aliphatic rings. The van der Waals surface area contributed by atoms with Crippen LogP contribution < -0.4 is 5.19 Å². The predicted octanol–water partition coefficient (Wildman–Crippen LogP) is 4.79. The average molecular weight is 358 g/mol. The van der Waals surface area contributed by atoms with Crippen LogP contribution in [-0.2, 0) is 4.74 Å². The summed E-state index contributed by atoms with van der Waals surface area (Å²) in [6.45, 7) is 12.9. The summed E-state index contributed by atoms with van der Waals surface area (Å²) in [5.74, 6) is 0. The summed E-state index contributed by atoms with van der Waals surface area (Å²) in [5, 5.41) is 1.49. The minimum atomic E-state index is -1.26. The summed E-state index contributed by atoms with van der Waals surface area (Å²) >= 11 is 0. The van der Waals surface area contributed by atoms with Crippen molar-refractivity contribution in [1.29, 1.82) is 0 Å². The van der Waals surface area contributed by atoms with Crippen molar-refractivity contribution >= 4 is 24.9 Å². The van der Waals surface area contributed by atoms with E-state index in [1.165, 1.54) is 16.3 Å². The lowest BCUT2D eigenvalue weighted by Crippen LogP contribution is -2.45. The van der Waals surface area contributed by atoms with Gasteiger partial charge in [0.1, 0.15) is 5.60 Å². The van der Waals surface area contributed by atoms with Gasteiger partial charge in [-0.3, -0.25) is 4.90 Å². The molecule has 1 amide bonds. The van der Waals surface area contributed by atoms with Crippen LogP contribution in [0.5, 0.6) is 0 Å². The van der Waals surface area contributed by atoms with E-state index in [1.54, 1.807) is 0 Å². The van der Waals surface area contributed by atoms with Crippen LogP contribution in [0.3, 0.4) is 0 Å². The SMILES string of the molecule is CC(C)(C)OC(=O)N1C2C=C(c3ccc([Si](C)(C)C)cc3)CC1CC2. The summed E-state index contributed by atoms with van der Waals surface area (Å²) in [6.07, 6.45) is 5.17. The van der Waals surface area contributed by atoms with Crippen LogP contribution in [0.2, 0.25) is 19.6 Å². The van der Waals surface area contributed by atoms with Gasteiger partial charge < -0.3 is 4.74 Å². The highest BCUT2D eigenvalue weighted by Gasteiger charge is 2.41. The molecule has 2 atom stereocenters. The monoisotopic (exact) mass is 357 g/mol. The first-order valence-electron chi connectivity index (χ1n) is 9.37. The number of amides is 1. The van der Waals surface area contributed by atoms with Crippen LogP contribution in [0.4, 0.5) is 4.79 Å². The predicted molar refractivity (Wildman–Crippen MR) is 107 cm³/mol. The van der Waals surface area contributed by atoms with Gasteiger partial charge in [-0.05, 0) is 51.2 Å². The molecule has 1 fully saturated rings. The maximum absolute atomic E-state index is 12.6. The molecule has 4 heteroatoms. The second kappa shape index (κ2) is 6.31. The summed E-state index contributed by atoms with van der Waals surface area (Å²) in [4.78, 5) is 14.5. The molecule has 3 nitrogen and oxygen atoms in total. The lowest BCUT2D eigenvalue weighted by atomic mass is 9.95. The largest absolute Gasteiger partial charge is 0.444 e. The number of carbonyl (C=O) groups is 1. The van der Waals surface area contributed by atoms with Crippen molar-refractivity contribution in [3.05, 3.63) is 35.9 Å². The molecule has 2 aliphatic heterocycles. The van der Waals surface area contributed by atoms with E-state index in [0.717, 1.165) is 19.3 Å². The lowest BCUT2D eigenvalue weighted by molar-refractivity contribution is 0.0175. The Balaban J connectivity index is 1.79. The first kappa shape index (κ1) is 18.2. The van der Waals surface area contributed by atoms with E-state index in [1.807, 2.05) is 25.7 Å². The zero-order valence-corrected chi connectivity index (χ0v) is 17.4. The third-order valence-electron chi connectivity index (χ3n) is 5.12. The van der Waals surface area contributed by atoms with Crippen LogP contribution in [-0.4, -0.2) is 36.8 Å². The van der Waals surface area contributed by atoms with E-state index in [0.29, 0.717) is 0 Å². The average Bonchev–Trinajstić information content (AvgIpc) is 2.75. The number of hydrogen-bond donors (Lipinski definition) is 0. The molecule has 0 aromatic heterocycles. The molecule has 0 saturated carbocycles. The third-order valence-corrected chi connectivity index (χ3v) is 7.19. The van der Waals surface area contributed by atoms with E-state index in [-0.39, 0.29) is 18.2 Å². The molecule has 0 N–H and O–H groups in total. The number of benzene rings is 1. The Kier molecular flexibility index (Phi) is 4.61. The quantitative estimate of drug-likeness (QED) is 0.712. The maximum atomic E-state index is 12.6. The van der Waals surface area contributed by atoms with Gasteiger partial charge in [-0.15, -0.1) is 0 Å².